The molecule has 0 spiro atoms. The maximum atomic E-state index is 13.0. The van der Waals surface area contributed by atoms with E-state index in [0.29, 0.717) is 0 Å². The Hall–Kier alpha value is -2.40. The molecule has 0 bridgehead atoms. The summed E-state index contributed by atoms with van der Waals surface area (Å²) in [7, 11) is 1.62. The van der Waals surface area contributed by atoms with Gasteiger partial charge in [-0.15, -0.1) is 0 Å². The molecule has 1 heterocycles. The van der Waals surface area contributed by atoms with Gasteiger partial charge in [-0.05, 0) is 61.3 Å². The Bertz CT molecular complexity index is 701. The van der Waals surface area contributed by atoms with Crippen molar-refractivity contribution >= 4 is 11.6 Å². The monoisotopic (exact) mass is 342 g/mol. The van der Waals surface area contributed by atoms with Crippen molar-refractivity contribution in [1.29, 1.82) is 0 Å². The molecule has 2 aromatic rings. The second-order valence-corrected chi connectivity index (χ2v) is 6.42. The molecule has 1 fully saturated rings. The summed E-state index contributed by atoms with van der Waals surface area (Å²) < 4.78 is 18.1. The van der Waals surface area contributed by atoms with E-state index in [1.165, 1.54) is 12.1 Å². The van der Waals surface area contributed by atoms with Gasteiger partial charge in [0, 0.05) is 18.8 Å². The summed E-state index contributed by atoms with van der Waals surface area (Å²) in [5.41, 5.74) is 1.85. The number of nitrogens with zero attached hydrogens (tertiary/aromatic N) is 1. The molecule has 1 N–H and O–H groups in total. The summed E-state index contributed by atoms with van der Waals surface area (Å²) in [5, 5.41) is 2.98. The Labute approximate surface area is 147 Å². The molecule has 0 saturated carbocycles. The van der Waals surface area contributed by atoms with Crippen LogP contribution in [0.15, 0.2) is 48.5 Å². The van der Waals surface area contributed by atoms with Crippen LogP contribution in [-0.2, 0) is 11.3 Å². The van der Waals surface area contributed by atoms with Crippen LogP contribution in [0.1, 0.15) is 18.4 Å². The van der Waals surface area contributed by atoms with Crippen molar-refractivity contribution in [2.45, 2.75) is 19.4 Å². The predicted molar refractivity (Wildman–Crippen MR) is 96.0 cm³/mol. The number of methoxy groups -OCH3 is 1. The highest BCUT2D eigenvalue weighted by Crippen LogP contribution is 2.21. The first-order valence-corrected chi connectivity index (χ1v) is 8.56. The van der Waals surface area contributed by atoms with E-state index in [1.807, 2.05) is 24.3 Å². The maximum Gasteiger partial charge on any atom is 0.228 e. The molecular weight excluding hydrogens is 319 g/mol. The third-order valence-electron chi connectivity index (χ3n) is 4.55. The molecular formula is C20H23FN2O2. The van der Waals surface area contributed by atoms with E-state index in [2.05, 4.69) is 10.2 Å². The Morgan fingerprint density at radius 3 is 2.60 bits per heavy atom. The van der Waals surface area contributed by atoms with Gasteiger partial charge in [0.1, 0.15) is 11.6 Å². The lowest BCUT2D eigenvalue weighted by Crippen LogP contribution is -2.40. The first-order valence-electron chi connectivity index (χ1n) is 8.56. The Morgan fingerprint density at radius 1 is 1.20 bits per heavy atom. The van der Waals surface area contributed by atoms with E-state index >= 15 is 0 Å². The van der Waals surface area contributed by atoms with Gasteiger partial charge < -0.3 is 10.1 Å². The van der Waals surface area contributed by atoms with Gasteiger partial charge in [-0.1, -0.05) is 12.1 Å². The minimum Gasteiger partial charge on any atom is -0.497 e. The topological polar surface area (TPSA) is 41.6 Å². The number of hydrogen-bond donors (Lipinski definition) is 1. The van der Waals surface area contributed by atoms with Gasteiger partial charge >= 0.3 is 0 Å². The number of likely N-dealkylation sites (tertiary alicyclic amines) is 1. The van der Waals surface area contributed by atoms with Crippen LogP contribution in [-0.4, -0.2) is 31.0 Å². The highest BCUT2D eigenvalue weighted by Gasteiger charge is 2.25. The van der Waals surface area contributed by atoms with Crippen LogP contribution < -0.4 is 10.1 Å². The van der Waals surface area contributed by atoms with Gasteiger partial charge in [0.15, 0.2) is 0 Å². The zero-order chi connectivity index (χ0) is 17.6. The SMILES string of the molecule is COc1ccc(NC(=O)[C@@H]2CCCN(Cc3ccc(F)cc3)C2)cc1. The molecule has 1 saturated heterocycles. The lowest BCUT2D eigenvalue weighted by Gasteiger charge is -2.32. The number of nitrogens with one attached hydrogen (secondary N) is 1. The van der Waals surface area contributed by atoms with Crippen LogP contribution in [0.5, 0.6) is 5.75 Å². The van der Waals surface area contributed by atoms with Crippen LogP contribution in [0.25, 0.3) is 0 Å². The largest absolute Gasteiger partial charge is 0.497 e. The number of hydrogen-bond acceptors (Lipinski definition) is 3. The molecule has 25 heavy (non-hydrogen) atoms. The van der Waals surface area contributed by atoms with Crippen LogP contribution in [0.3, 0.4) is 0 Å². The average Bonchev–Trinajstić information content (AvgIpc) is 2.64. The number of amides is 1. The standard InChI is InChI=1S/C20H23FN2O2/c1-25-19-10-8-18(9-11-19)22-20(24)16-3-2-12-23(14-16)13-15-4-6-17(21)7-5-15/h4-11,16H,2-3,12-14H2,1H3,(H,22,24)/t16-/m1/s1. The summed E-state index contributed by atoms with van der Waals surface area (Å²) in [5.74, 6) is 0.561. The lowest BCUT2D eigenvalue weighted by molar-refractivity contribution is -0.121. The molecule has 1 aliphatic rings. The fraction of sp³-hybridized carbons (Fsp3) is 0.350. The fourth-order valence-corrected chi connectivity index (χ4v) is 3.18. The fourth-order valence-electron chi connectivity index (χ4n) is 3.18. The van der Waals surface area contributed by atoms with Crippen molar-refractivity contribution < 1.29 is 13.9 Å². The normalized spacial score (nSPS) is 17.9. The minimum atomic E-state index is -0.223. The van der Waals surface area contributed by atoms with E-state index in [-0.39, 0.29) is 17.6 Å². The third-order valence-corrected chi connectivity index (χ3v) is 4.55. The smallest absolute Gasteiger partial charge is 0.228 e. The number of anilines is 1. The van der Waals surface area contributed by atoms with Crippen LogP contribution in [0.4, 0.5) is 10.1 Å². The molecule has 0 unspecified atom stereocenters. The van der Waals surface area contributed by atoms with Crippen LogP contribution in [0, 0.1) is 11.7 Å². The van der Waals surface area contributed by atoms with E-state index in [9.17, 15) is 9.18 Å². The van der Waals surface area contributed by atoms with Gasteiger partial charge in [-0.2, -0.15) is 0 Å². The number of carbonyl (C=O) groups excluding carboxylic acids is 1. The van der Waals surface area contributed by atoms with E-state index in [1.54, 1.807) is 19.2 Å². The zero-order valence-corrected chi connectivity index (χ0v) is 14.4. The second-order valence-electron chi connectivity index (χ2n) is 6.42. The summed E-state index contributed by atoms with van der Waals surface area (Å²) in [6, 6.07) is 13.9. The van der Waals surface area contributed by atoms with Gasteiger partial charge in [0.25, 0.3) is 0 Å². The van der Waals surface area contributed by atoms with Gasteiger partial charge in [-0.3, -0.25) is 9.69 Å². The predicted octanol–water partition coefficient (Wildman–Crippen LogP) is 3.69. The summed E-state index contributed by atoms with van der Waals surface area (Å²) >= 11 is 0. The third kappa shape index (κ3) is 4.79. The summed E-state index contributed by atoms with van der Waals surface area (Å²) in [6.07, 6.45) is 1.88. The highest BCUT2D eigenvalue weighted by atomic mass is 19.1. The molecule has 132 valence electrons. The Balaban J connectivity index is 1.56. The molecule has 0 aromatic heterocycles. The summed E-state index contributed by atoms with van der Waals surface area (Å²) in [4.78, 5) is 14.8. The molecule has 1 amide bonds. The van der Waals surface area contributed by atoms with Gasteiger partial charge in [0.2, 0.25) is 5.91 Å². The molecule has 1 aliphatic heterocycles. The first-order chi connectivity index (χ1) is 12.1. The van der Waals surface area contributed by atoms with Crippen molar-refractivity contribution in [3.8, 4) is 5.75 Å². The van der Waals surface area contributed by atoms with E-state index in [0.717, 1.165) is 49.5 Å². The second kappa shape index (κ2) is 8.12. The quantitative estimate of drug-likeness (QED) is 0.901. The molecule has 0 aliphatic carbocycles. The van der Waals surface area contributed by atoms with Gasteiger partial charge in [-0.25, -0.2) is 4.39 Å². The number of ether oxygens (including phenoxy) is 1. The highest BCUT2D eigenvalue weighted by molar-refractivity contribution is 5.92. The molecule has 5 heteroatoms. The van der Waals surface area contributed by atoms with Crippen molar-refractivity contribution in [3.63, 3.8) is 0 Å². The average molecular weight is 342 g/mol. The van der Waals surface area contributed by atoms with Crippen LogP contribution >= 0.6 is 0 Å². The number of benzene rings is 2. The van der Waals surface area contributed by atoms with E-state index in [4.69, 9.17) is 4.74 Å². The number of carbonyl (C=O) groups is 1. The number of rotatable bonds is 5. The minimum absolute atomic E-state index is 0.0312. The molecule has 0 radical (unpaired) electrons. The van der Waals surface area contributed by atoms with Crippen molar-refractivity contribution in [2.75, 3.05) is 25.5 Å². The summed E-state index contributed by atoms with van der Waals surface area (Å²) in [6.45, 7) is 2.43. The maximum absolute atomic E-state index is 13.0. The first kappa shape index (κ1) is 17.4. The Morgan fingerprint density at radius 2 is 1.92 bits per heavy atom. The molecule has 1 atom stereocenters. The van der Waals surface area contributed by atoms with Crippen LogP contribution in [0.2, 0.25) is 0 Å². The molecule has 4 nitrogen and oxygen atoms in total. The van der Waals surface area contributed by atoms with Crippen molar-refractivity contribution in [1.82, 2.24) is 4.90 Å². The Kier molecular flexibility index (Phi) is 5.66. The zero-order valence-electron chi connectivity index (χ0n) is 14.4. The lowest BCUT2D eigenvalue weighted by atomic mass is 9.96. The van der Waals surface area contributed by atoms with Gasteiger partial charge in [0.05, 0.1) is 13.0 Å². The van der Waals surface area contributed by atoms with Crippen molar-refractivity contribution in [2.24, 2.45) is 5.92 Å². The number of piperidine rings is 1. The number of halogens is 1. The van der Waals surface area contributed by atoms with Crippen molar-refractivity contribution in [3.05, 3.63) is 59.9 Å². The molecule has 2 aromatic carbocycles. The van der Waals surface area contributed by atoms with E-state index < -0.39 is 0 Å². The molecule has 3 rings (SSSR count).